The number of nitriles is 1. The monoisotopic (exact) mass is 171 g/mol. The van der Waals surface area contributed by atoms with Crippen LogP contribution in [0.15, 0.2) is 30.7 Å². The van der Waals surface area contributed by atoms with Gasteiger partial charge in [-0.2, -0.15) is 15.5 Å². The van der Waals surface area contributed by atoms with Crippen molar-refractivity contribution in [2.75, 3.05) is 0 Å². The molecule has 2 aromatic rings. The molecule has 0 atom stereocenters. The molecular weight excluding hydrogens is 166 g/mol. The van der Waals surface area contributed by atoms with E-state index in [1.165, 1.54) is 10.9 Å². The minimum Gasteiger partial charge on any atom is -0.220 e. The Balaban J connectivity index is 2.59. The van der Waals surface area contributed by atoms with E-state index in [4.69, 9.17) is 5.26 Å². The molecule has 5 nitrogen and oxygen atoms in total. The predicted octanol–water partition coefficient (Wildman–Crippen LogP) is 0.534. The van der Waals surface area contributed by atoms with Gasteiger partial charge in [0.15, 0.2) is 5.82 Å². The van der Waals surface area contributed by atoms with Gasteiger partial charge in [0.05, 0.1) is 6.20 Å². The molecule has 0 fully saturated rings. The normalized spacial score (nSPS) is 9.46. The van der Waals surface area contributed by atoms with Gasteiger partial charge in [-0.25, -0.2) is 4.68 Å². The summed E-state index contributed by atoms with van der Waals surface area (Å²) in [5, 5.41) is 20.2. The van der Waals surface area contributed by atoms with E-state index in [0.717, 1.165) is 0 Å². The maximum absolute atomic E-state index is 8.76. The lowest BCUT2D eigenvalue weighted by atomic mass is 10.3. The minimum absolute atomic E-state index is 0.454. The van der Waals surface area contributed by atoms with Gasteiger partial charge < -0.3 is 0 Å². The van der Waals surface area contributed by atoms with Crippen molar-refractivity contribution in [1.29, 1.82) is 5.26 Å². The van der Waals surface area contributed by atoms with Gasteiger partial charge in [0, 0.05) is 12.4 Å². The van der Waals surface area contributed by atoms with Crippen LogP contribution >= 0.6 is 0 Å². The van der Waals surface area contributed by atoms with Gasteiger partial charge in [-0.15, -0.1) is 5.10 Å². The maximum Gasteiger partial charge on any atom is 0.193 e. The third-order valence-electron chi connectivity index (χ3n) is 1.54. The topological polar surface area (TPSA) is 67.4 Å². The maximum atomic E-state index is 8.76. The van der Waals surface area contributed by atoms with Crippen molar-refractivity contribution in [3.05, 3.63) is 36.3 Å². The van der Waals surface area contributed by atoms with E-state index in [0.29, 0.717) is 11.4 Å². The van der Waals surface area contributed by atoms with Crippen LogP contribution in [0.5, 0.6) is 0 Å². The van der Waals surface area contributed by atoms with Gasteiger partial charge in [0.2, 0.25) is 0 Å². The summed E-state index contributed by atoms with van der Waals surface area (Å²) in [5.41, 5.74) is 0.457. The fraction of sp³-hybridized carbons (Fsp3) is 0. The van der Waals surface area contributed by atoms with Crippen LogP contribution in [0.2, 0.25) is 0 Å². The summed E-state index contributed by atoms with van der Waals surface area (Å²) < 4.78 is 1.51. The van der Waals surface area contributed by atoms with E-state index < -0.39 is 0 Å². The van der Waals surface area contributed by atoms with E-state index in [9.17, 15) is 0 Å². The molecule has 2 heterocycles. The van der Waals surface area contributed by atoms with E-state index in [2.05, 4.69) is 15.3 Å². The smallest absolute Gasteiger partial charge is 0.193 e. The van der Waals surface area contributed by atoms with Crippen molar-refractivity contribution >= 4 is 0 Å². The lowest BCUT2D eigenvalue weighted by Crippen LogP contribution is -2.02. The molecule has 0 spiro atoms. The Kier molecular flexibility index (Phi) is 1.73. The van der Waals surface area contributed by atoms with Crippen LogP contribution in [0, 0.1) is 11.3 Å². The first kappa shape index (κ1) is 7.43. The van der Waals surface area contributed by atoms with Crippen LogP contribution < -0.4 is 0 Å². The Labute approximate surface area is 74.3 Å². The highest BCUT2D eigenvalue weighted by Crippen LogP contribution is 2.06. The van der Waals surface area contributed by atoms with Gasteiger partial charge in [-0.1, -0.05) is 0 Å². The Morgan fingerprint density at radius 1 is 1.38 bits per heavy atom. The Hall–Kier alpha value is -2.22. The SMILES string of the molecule is N#Cc1ccnnc1-n1cccn1. The molecule has 0 aliphatic carbocycles. The summed E-state index contributed by atoms with van der Waals surface area (Å²) in [6.45, 7) is 0. The largest absolute Gasteiger partial charge is 0.220 e. The van der Waals surface area contributed by atoms with Crippen LogP contribution in [0.1, 0.15) is 5.56 Å². The zero-order chi connectivity index (χ0) is 9.10. The summed E-state index contributed by atoms with van der Waals surface area (Å²) in [4.78, 5) is 0. The number of aromatic nitrogens is 4. The molecule has 0 N–H and O–H groups in total. The van der Waals surface area contributed by atoms with Crippen LogP contribution in [0.4, 0.5) is 0 Å². The van der Waals surface area contributed by atoms with E-state index in [1.807, 2.05) is 6.07 Å². The van der Waals surface area contributed by atoms with E-state index >= 15 is 0 Å². The molecule has 5 heteroatoms. The predicted molar refractivity (Wildman–Crippen MR) is 43.9 cm³/mol. The van der Waals surface area contributed by atoms with Crippen molar-refractivity contribution in [3.8, 4) is 11.9 Å². The summed E-state index contributed by atoms with van der Waals surface area (Å²) in [6.07, 6.45) is 4.81. The Morgan fingerprint density at radius 3 is 3.00 bits per heavy atom. The second-order valence-electron chi connectivity index (χ2n) is 2.33. The molecular formula is C8H5N5. The number of nitrogens with zero attached hydrogens (tertiary/aromatic N) is 5. The highest BCUT2D eigenvalue weighted by atomic mass is 15.3. The molecule has 0 unspecified atom stereocenters. The second kappa shape index (κ2) is 3.03. The zero-order valence-electron chi connectivity index (χ0n) is 6.62. The Bertz CT molecular complexity index is 440. The summed E-state index contributed by atoms with van der Waals surface area (Å²) in [7, 11) is 0. The van der Waals surface area contributed by atoms with Gasteiger partial charge in [-0.3, -0.25) is 0 Å². The van der Waals surface area contributed by atoms with Gasteiger partial charge in [0.1, 0.15) is 11.6 Å². The molecule has 2 aromatic heterocycles. The van der Waals surface area contributed by atoms with Crippen molar-refractivity contribution in [1.82, 2.24) is 20.0 Å². The van der Waals surface area contributed by atoms with Crippen molar-refractivity contribution < 1.29 is 0 Å². The molecule has 0 saturated carbocycles. The van der Waals surface area contributed by atoms with Crippen LogP contribution in [-0.4, -0.2) is 20.0 Å². The highest BCUT2D eigenvalue weighted by Gasteiger charge is 2.04. The fourth-order valence-corrected chi connectivity index (χ4v) is 0.975. The van der Waals surface area contributed by atoms with Crippen LogP contribution in [0.25, 0.3) is 5.82 Å². The molecule has 2 rings (SSSR count). The number of hydrogen-bond donors (Lipinski definition) is 0. The summed E-state index contributed by atoms with van der Waals surface area (Å²) >= 11 is 0. The van der Waals surface area contributed by atoms with Gasteiger partial charge in [0.25, 0.3) is 0 Å². The molecule has 0 aliphatic rings. The molecule has 0 saturated heterocycles. The third-order valence-corrected chi connectivity index (χ3v) is 1.54. The average Bonchev–Trinajstić information content (AvgIpc) is 2.70. The average molecular weight is 171 g/mol. The molecule has 62 valence electrons. The highest BCUT2D eigenvalue weighted by molar-refractivity contribution is 5.40. The van der Waals surface area contributed by atoms with Crippen molar-refractivity contribution in [2.24, 2.45) is 0 Å². The van der Waals surface area contributed by atoms with Gasteiger partial charge >= 0.3 is 0 Å². The molecule has 13 heavy (non-hydrogen) atoms. The van der Waals surface area contributed by atoms with E-state index in [-0.39, 0.29) is 0 Å². The molecule has 0 aliphatic heterocycles. The molecule has 0 aromatic carbocycles. The first-order valence-electron chi connectivity index (χ1n) is 3.63. The fourth-order valence-electron chi connectivity index (χ4n) is 0.975. The molecule has 0 amide bonds. The van der Waals surface area contributed by atoms with Gasteiger partial charge in [-0.05, 0) is 12.1 Å². The first-order chi connectivity index (χ1) is 6.42. The standard InChI is InChI=1S/C8H5N5/c9-6-7-2-4-10-12-8(7)13-5-1-3-11-13/h1-5H. The lowest BCUT2D eigenvalue weighted by Gasteiger charge is -1.99. The molecule has 0 bridgehead atoms. The first-order valence-corrected chi connectivity index (χ1v) is 3.63. The minimum atomic E-state index is 0.454. The second-order valence-corrected chi connectivity index (χ2v) is 2.33. The zero-order valence-corrected chi connectivity index (χ0v) is 6.62. The number of hydrogen-bond acceptors (Lipinski definition) is 4. The Morgan fingerprint density at radius 2 is 2.31 bits per heavy atom. The van der Waals surface area contributed by atoms with Crippen LogP contribution in [-0.2, 0) is 0 Å². The molecule has 0 radical (unpaired) electrons. The van der Waals surface area contributed by atoms with Crippen LogP contribution in [0.3, 0.4) is 0 Å². The third kappa shape index (κ3) is 1.25. The number of rotatable bonds is 1. The summed E-state index contributed by atoms with van der Waals surface area (Å²) in [6, 6.07) is 5.38. The van der Waals surface area contributed by atoms with Crippen molar-refractivity contribution in [3.63, 3.8) is 0 Å². The quantitative estimate of drug-likeness (QED) is 0.627. The lowest BCUT2D eigenvalue weighted by molar-refractivity contribution is 0.810. The van der Waals surface area contributed by atoms with E-state index in [1.54, 1.807) is 24.5 Å². The summed E-state index contributed by atoms with van der Waals surface area (Å²) in [5.74, 6) is 0.454. The van der Waals surface area contributed by atoms with Crippen molar-refractivity contribution in [2.45, 2.75) is 0 Å².